The molecule has 2 heterocycles. The zero-order valence-electron chi connectivity index (χ0n) is 17.3. The molecule has 3 rings (SSSR count). The number of benzene rings is 1. The van der Waals surface area contributed by atoms with Gasteiger partial charge in [0, 0.05) is 18.1 Å². The van der Waals surface area contributed by atoms with Crippen molar-refractivity contribution in [1.29, 1.82) is 0 Å². The Kier molecular flexibility index (Phi) is 7.62. The maximum atomic E-state index is 12.5. The third-order valence-electron chi connectivity index (χ3n) is 4.99. The topological polar surface area (TPSA) is 97.1 Å². The Morgan fingerprint density at radius 3 is 2.57 bits per heavy atom. The molecule has 1 aromatic carbocycles. The molecule has 2 aromatic heterocycles. The van der Waals surface area contributed by atoms with Gasteiger partial charge in [-0.1, -0.05) is 67.1 Å². The lowest BCUT2D eigenvalue weighted by Crippen LogP contribution is -2.29. The van der Waals surface area contributed by atoms with E-state index in [4.69, 9.17) is 0 Å². The van der Waals surface area contributed by atoms with E-state index in [1.165, 1.54) is 30.3 Å². The van der Waals surface area contributed by atoms with Crippen molar-refractivity contribution < 1.29 is 0 Å². The summed E-state index contributed by atoms with van der Waals surface area (Å²) < 4.78 is 4.15. The number of hydrogen-bond acceptors (Lipinski definition) is 5. The highest BCUT2D eigenvalue weighted by atomic mass is 79.9. The van der Waals surface area contributed by atoms with Crippen LogP contribution in [0.25, 0.3) is 11.2 Å². The summed E-state index contributed by atoms with van der Waals surface area (Å²) in [4.78, 5) is 31.3. The Balaban J connectivity index is 1.84. The fraction of sp³-hybridized carbons (Fsp3) is 0.429. The quantitative estimate of drug-likeness (QED) is 0.263. The highest BCUT2D eigenvalue weighted by Gasteiger charge is 2.16. The van der Waals surface area contributed by atoms with Crippen LogP contribution < -0.4 is 16.7 Å². The monoisotopic (exact) mass is 474 g/mol. The van der Waals surface area contributed by atoms with Gasteiger partial charge in [-0.05, 0) is 24.1 Å². The molecule has 2 N–H and O–H groups in total. The number of aromatic amines is 1. The van der Waals surface area contributed by atoms with Gasteiger partial charge in [0.05, 0.1) is 6.21 Å². The van der Waals surface area contributed by atoms with Gasteiger partial charge >= 0.3 is 5.69 Å². The first-order valence-corrected chi connectivity index (χ1v) is 11.0. The lowest BCUT2D eigenvalue weighted by atomic mass is 10.1. The van der Waals surface area contributed by atoms with Crippen molar-refractivity contribution in [2.75, 3.05) is 5.43 Å². The Labute approximate surface area is 183 Å². The summed E-state index contributed by atoms with van der Waals surface area (Å²) in [6.45, 7) is 2.82. The molecule has 0 aliphatic heterocycles. The predicted octanol–water partition coefficient (Wildman–Crippen LogP) is 3.99. The molecule has 3 aromatic rings. The van der Waals surface area contributed by atoms with Gasteiger partial charge in [-0.3, -0.25) is 14.3 Å². The molecule has 0 saturated carbocycles. The van der Waals surface area contributed by atoms with Crippen LogP contribution in [0.3, 0.4) is 0 Å². The van der Waals surface area contributed by atoms with E-state index in [2.05, 4.69) is 43.3 Å². The van der Waals surface area contributed by atoms with Gasteiger partial charge in [0.15, 0.2) is 11.2 Å². The number of fused-ring (bicyclic) bond motifs is 1. The van der Waals surface area contributed by atoms with Gasteiger partial charge < -0.3 is 4.57 Å². The molecule has 0 radical (unpaired) electrons. The average Bonchev–Trinajstić information content (AvgIpc) is 3.09. The fourth-order valence-electron chi connectivity index (χ4n) is 3.30. The zero-order chi connectivity index (χ0) is 21.5. The molecule has 0 bridgehead atoms. The first-order chi connectivity index (χ1) is 14.5. The second-order valence-corrected chi connectivity index (χ2v) is 8.18. The molecule has 0 atom stereocenters. The SMILES string of the molecule is CCCCCCCCn1c(N/N=C/c2ccc(Br)cc2)nc2c1c(=O)[nH]c(=O)n2C. The van der Waals surface area contributed by atoms with E-state index in [0.717, 1.165) is 22.9 Å². The van der Waals surface area contributed by atoms with Gasteiger partial charge in [-0.2, -0.15) is 10.1 Å². The molecule has 0 spiro atoms. The Morgan fingerprint density at radius 2 is 1.83 bits per heavy atom. The number of rotatable bonds is 10. The third-order valence-corrected chi connectivity index (χ3v) is 5.52. The Morgan fingerprint density at radius 1 is 1.13 bits per heavy atom. The minimum absolute atomic E-state index is 0.344. The molecule has 8 nitrogen and oxygen atoms in total. The molecule has 0 saturated heterocycles. The van der Waals surface area contributed by atoms with Crippen molar-refractivity contribution in [3.8, 4) is 0 Å². The summed E-state index contributed by atoms with van der Waals surface area (Å²) in [7, 11) is 1.59. The van der Waals surface area contributed by atoms with Crippen LogP contribution in [0.15, 0.2) is 43.4 Å². The normalized spacial score (nSPS) is 11.6. The molecule has 0 aliphatic rings. The summed E-state index contributed by atoms with van der Waals surface area (Å²) in [5, 5.41) is 4.27. The van der Waals surface area contributed by atoms with Gasteiger partial charge in [0.2, 0.25) is 5.95 Å². The van der Waals surface area contributed by atoms with Crippen molar-refractivity contribution in [2.45, 2.75) is 52.0 Å². The van der Waals surface area contributed by atoms with Crippen LogP contribution >= 0.6 is 15.9 Å². The molecule has 0 amide bonds. The maximum absolute atomic E-state index is 12.5. The van der Waals surface area contributed by atoms with E-state index in [1.54, 1.807) is 13.3 Å². The number of hydrazone groups is 1. The summed E-state index contributed by atoms with van der Waals surface area (Å²) in [6, 6.07) is 7.74. The Bertz CT molecular complexity index is 1130. The number of halogens is 1. The molecule has 0 unspecified atom stereocenters. The lowest BCUT2D eigenvalue weighted by molar-refractivity contribution is 0.565. The first-order valence-electron chi connectivity index (χ1n) is 10.3. The molecule has 160 valence electrons. The molecule has 30 heavy (non-hydrogen) atoms. The van der Waals surface area contributed by atoms with E-state index in [9.17, 15) is 9.59 Å². The summed E-state index contributed by atoms with van der Waals surface area (Å²) in [6.07, 6.45) is 8.52. The lowest BCUT2D eigenvalue weighted by Gasteiger charge is -2.08. The molecule has 0 fully saturated rings. The van der Waals surface area contributed by atoms with Crippen LogP contribution in [0.5, 0.6) is 0 Å². The first kappa shape index (κ1) is 22.0. The molecule has 0 aliphatic carbocycles. The summed E-state index contributed by atoms with van der Waals surface area (Å²) in [5.41, 5.74) is 3.67. The number of aryl methyl sites for hydroxylation is 2. The average molecular weight is 475 g/mol. The number of hydrogen-bond donors (Lipinski definition) is 2. The number of nitrogens with one attached hydrogen (secondary N) is 2. The third kappa shape index (κ3) is 5.27. The van der Waals surface area contributed by atoms with E-state index < -0.39 is 11.2 Å². The fourth-order valence-corrected chi connectivity index (χ4v) is 3.57. The van der Waals surface area contributed by atoms with Gasteiger partial charge in [0.1, 0.15) is 0 Å². The van der Waals surface area contributed by atoms with Crippen molar-refractivity contribution in [3.63, 3.8) is 0 Å². The highest BCUT2D eigenvalue weighted by Crippen LogP contribution is 2.17. The number of unbranched alkanes of at least 4 members (excludes halogenated alkanes) is 5. The maximum Gasteiger partial charge on any atom is 0.329 e. The minimum atomic E-state index is -0.485. The largest absolute Gasteiger partial charge is 0.329 e. The zero-order valence-corrected chi connectivity index (χ0v) is 18.9. The van der Waals surface area contributed by atoms with Crippen molar-refractivity contribution >= 4 is 39.3 Å². The molecular formula is C21H27BrN6O2. The van der Waals surface area contributed by atoms with Crippen molar-refractivity contribution in [2.24, 2.45) is 12.1 Å². The minimum Gasteiger partial charge on any atom is -0.303 e. The van der Waals surface area contributed by atoms with Gasteiger partial charge in [-0.15, -0.1) is 0 Å². The number of aromatic nitrogens is 4. The van der Waals surface area contributed by atoms with Crippen LogP contribution in [0, 0.1) is 0 Å². The predicted molar refractivity (Wildman–Crippen MR) is 124 cm³/mol. The number of anilines is 1. The number of imidazole rings is 1. The van der Waals surface area contributed by atoms with E-state index >= 15 is 0 Å². The van der Waals surface area contributed by atoms with Crippen LogP contribution in [-0.4, -0.2) is 25.3 Å². The van der Waals surface area contributed by atoms with E-state index in [1.807, 2.05) is 28.8 Å². The van der Waals surface area contributed by atoms with Crippen LogP contribution in [0.4, 0.5) is 5.95 Å². The number of H-pyrrole nitrogens is 1. The summed E-state index contributed by atoms with van der Waals surface area (Å²) in [5.74, 6) is 0.443. The second kappa shape index (κ2) is 10.4. The highest BCUT2D eigenvalue weighted by molar-refractivity contribution is 9.10. The van der Waals surface area contributed by atoms with E-state index in [-0.39, 0.29) is 0 Å². The van der Waals surface area contributed by atoms with Crippen LogP contribution in [0.1, 0.15) is 51.0 Å². The smallest absolute Gasteiger partial charge is 0.303 e. The summed E-state index contributed by atoms with van der Waals surface area (Å²) >= 11 is 3.41. The molecule has 9 heteroatoms. The van der Waals surface area contributed by atoms with Crippen LogP contribution in [0.2, 0.25) is 0 Å². The van der Waals surface area contributed by atoms with E-state index in [0.29, 0.717) is 23.7 Å². The number of nitrogens with zero attached hydrogens (tertiary/aromatic N) is 4. The standard InChI is InChI=1S/C21H27BrN6O2/c1-3-4-5-6-7-8-13-28-17-18(27(2)21(30)25-19(17)29)24-20(28)26-23-14-15-9-11-16(22)12-10-15/h9-12,14H,3-8,13H2,1-2H3,(H,24,26)(H,25,29,30)/b23-14+. The van der Waals surface area contributed by atoms with Crippen molar-refractivity contribution in [1.82, 2.24) is 19.1 Å². The second-order valence-electron chi connectivity index (χ2n) is 7.27. The van der Waals surface area contributed by atoms with Gasteiger partial charge in [-0.25, -0.2) is 10.2 Å². The molecular weight excluding hydrogens is 448 g/mol. The Hall–Kier alpha value is -2.68. The van der Waals surface area contributed by atoms with Gasteiger partial charge in [0.25, 0.3) is 5.56 Å². The van der Waals surface area contributed by atoms with Crippen molar-refractivity contribution in [3.05, 3.63) is 55.1 Å². The van der Waals surface area contributed by atoms with Crippen LogP contribution in [-0.2, 0) is 13.6 Å².